The molecule has 2 rings (SSSR count). The van der Waals surface area contributed by atoms with Gasteiger partial charge in [-0.1, -0.05) is 51.3 Å². The van der Waals surface area contributed by atoms with E-state index in [0.29, 0.717) is 17.0 Å². The maximum atomic E-state index is 5.71. The van der Waals surface area contributed by atoms with Crippen molar-refractivity contribution >= 4 is 11.6 Å². The van der Waals surface area contributed by atoms with Crippen LogP contribution in [0.5, 0.6) is 0 Å². The molecule has 1 heterocycles. The Balaban J connectivity index is 2.09. The highest BCUT2D eigenvalue weighted by Gasteiger charge is 2.43. The molecule has 2 nitrogen and oxygen atoms in total. The fraction of sp³-hybridized carbons (Fsp3) is 0.867. The molecule has 1 N–H and O–H groups in total. The van der Waals surface area contributed by atoms with Crippen LogP contribution in [0, 0.1) is 5.41 Å². The van der Waals surface area contributed by atoms with E-state index in [9.17, 15) is 0 Å². The summed E-state index contributed by atoms with van der Waals surface area (Å²) in [4.78, 5) is 2.63. The smallest absolute Gasteiger partial charge is 0.0309 e. The second kappa shape index (κ2) is 5.52. The van der Waals surface area contributed by atoms with Gasteiger partial charge in [-0.2, -0.15) is 0 Å². The number of hydrogen-bond donors (Lipinski definition) is 1. The highest BCUT2D eigenvalue weighted by atomic mass is 35.5. The van der Waals surface area contributed by atoms with E-state index in [2.05, 4.69) is 37.1 Å². The van der Waals surface area contributed by atoms with Gasteiger partial charge in [-0.3, -0.25) is 4.90 Å². The van der Waals surface area contributed by atoms with Gasteiger partial charge in [0.15, 0.2) is 0 Å². The average molecular weight is 271 g/mol. The summed E-state index contributed by atoms with van der Waals surface area (Å²) in [6.45, 7) is 10.3. The predicted octanol–water partition coefficient (Wildman–Crippen LogP) is 3.37. The first-order valence-corrected chi connectivity index (χ1v) is 7.65. The Morgan fingerprint density at radius 2 is 2.00 bits per heavy atom. The lowest BCUT2D eigenvalue weighted by Gasteiger charge is -2.50. The molecule has 1 unspecified atom stereocenters. The van der Waals surface area contributed by atoms with E-state index >= 15 is 0 Å². The molecule has 0 aromatic rings. The van der Waals surface area contributed by atoms with Crippen LogP contribution in [0.15, 0.2) is 11.6 Å². The molecule has 1 spiro atoms. The summed E-state index contributed by atoms with van der Waals surface area (Å²) < 4.78 is 0. The fourth-order valence-corrected chi connectivity index (χ4v) is 3.68. The highest BCUT2D eigenvalue weighted by molar-refractivity contribution is 6.25. The molecule has 0 bridgehead atoms. The SMILES string of the molecule is CC(C)(C)C1CNC2(CCCC2)CN1C/C=C/Cl. The lowest BCUT2D eigenvalue weighted by molar-refractivity contribution is 0.0326. The van der Waals surface area contributed by atoms with Gasteiger partial charge in [0, 0.05) is 36.8 Å². The Bertz CT molecular complexity index is 300. The summed E-state index contributed by atoms with van der Waals surface area (Å²) in [6, 6.07) is 0.594. The van der Waals surface area contributed by atoms with Gasteiger partial charge < -0.3 is 5.32 Å². The van der Waals surface area contributed by atoms with Crippen molar-refractivity contribution in [2.45, 2.75) is 58.0 Å². The number of halogens is 1. The van der Waals surface area contributed by atoms with Gasteiger partial charge >= 0.3 is 0 Å². The highest BCUT2D eigenvalue weighted by Crippen LogP contribution is 2.36. The van der Waals surface area contributed by atoms with Crippen LogP contribution in [-0.2, 0) is 0 Å². The van der Waals surface area contributed by atoms with Crippen molar-refractivity contribution in [1.82, 2.24) is 10.2 Å². The van der Waals surface area contributed by atoms with E-state index in [1.165, 1.54) is 32.2 Å². The fourth-order valence-electron chi connectivity index (χ4n) is 3.60. The van der Waals surface area contributed by atoms with Crippen molar-refractivity contribution in [1.29, 1.82) is 0 Å². The van der Waals surface area contributed by atoms with Crippen LogP contribution in [0.2, 0.25) is 0 Å². The van der Waals surface area contributed by atoms with Crippen LogP contribution < -0.4 is 5.32 Å². The van der Waals surface area contributed by atoms with Crippen molar-refractivity contribution in [3.8, 4) is 0 Å². The summed E-state index contributed by atoms with van der Waals surface area (Å²) in [5.74, 6) is 0. The largest absolute Gasteiger partial charge is 0.308 e. The van der Waals surface area contributed by atoms with Crippen LogP contribution in [0.3, 0.4) is 0 Å². The van der Waals surface area contributed by atoms with E-state index in [1.807, 2.05) is 0 Å². The molecule has 0 radical (unpaired) electrons. The van der Waals surface area contributed by atoms with Crippen LogP contribution in [0.4, 0.5) is 0 Å². The molecule has 1 aliphatic heterocycles. The van der Waals surface area contributed by atoms with Crippen LogP contribution >= 0.6 is 11.6 Å². The monoisotopic (exact) mass is 270 g/mol. The normalized spacial score (nSPS) is 29.4. The Hall–Kier alpha value is -0.0500. The molecule has 1 saturated carbocycles. The Morgan fingerprint density at radius 1 is 1.33 bits per heavy atom. The van der Waals surface area contributed by atoms with E-state index in [1.54, 1.807) is 5.54 Å². The molecule has 18 heavy (non-hydrogen) atoms. The molecule has 0 amide bonds. The molecule has 0 aromatic heterocycles. The molecule has 0 aromatic carbocycles. The maximum absolute atomic E-state index is 5.71. The quantitative estimate of drug-likeness (QED) is 0.828. The topological polar surface area (TPSA) is 15.3 Å². The van der Waals surface area contributed by atoms with Crippen LogP contribution in [0.25, 0.3) is 0 Å². The molecular formula is C15H27ClN2. The van der Waals surface area contributed by atoms with Crippen molar-refractivity contribution in [2.24, 2.45) is 5.41 Å². The van der Waals surface area contributed by atoms with Crippen molar-refractivity contribution < 1.29 is 0 Å². The third-order valence-electron chi connectivity index (χ3n) is 4.61. The van der Waals surface area contributed by atoms with E-state index in [4.69, 9.17) is 11.6 Å². The lowest BCUT2D eigenvalue weighted by atomic mass is 9.81. The van der Waals surface area contributed by atoms with E-state index < -0.39 is 0 Å². The second-order valence-corrected chi connectivity index (χ2v) is 7.29. The zero-order valence-electron chi connectivity index (χ0n) is 12.0. The number of nitrogens with zero attached hydrogens (tertiary/aromatic N) is 1. The van der Waals surface area contributed by atoms with Gasteiger partial charge in [-0.15, -0.1) is 0 Å². The lowest BCUT2D eigenvalue weighted by Crippen LogP contribution is -2.65. The molecule has 1 aliphatic carbocycles. The first kappa shape index (κ1) is 14.4. The third-order valence-corrected chi connectivity index (χ3v) is 4.78. The summed E-state index contributed by atoms with van der Waals surface area (Å²) in [7, 11) is 0. The minimum Gasteiger partial charge on any atom is -0.308 e. The van der Waals surface area contributed by atoms with Gasteiger partial charge in [-0.25, -0.2) is 0 Å². The molecule has 1 atom stereocenters. The Labute approximate surface area is 117 Å². The zero-order valence-corrected chi connectivity index (χ0v) is 12.8. The number of hydrogen-bond acceptors (Lipinski definition) is 2. The molecule has 3 heteroatoms. The van der Waals surface area contributed by atoms with E-state index in [-0.39, 0.29) is 0 Å². The molecule has 2 aliphatic rings. The van der Waals surface area contributed by atoms with Crippen LogP contribution in [0.1, 0.15) is 46.5 Å². The van der Waals surface area contributed by atoms with Crippen molar-refractivity contribution in [3.63, 3.8) is 0 Å². The summed E-state index contributed by atoms with van der Waals surface area (Å²) in [5.41, 5.74) is 2.36. The van der Waals surface area contributed by atoms with Gasteiger partial charge in [-0.05, 0) is 18.3 Å². The van der Waals surface area contributed by atoms with Gasteiger partial charge in [0.1, 0.15) is 0 Å². The maximum Gasteiger partial charge on any atom is 0.0309 e. The minimum atomic E-state index is 0.313. The minimum absolute atomic E-state index is 0.313. The van der Waals surface area contributed by atoms with Gasteiger partial charge in [0.2, 0.25) is 0 Å². The average Bonchev–Trinajstić information content (AvgIpc) is 2.73. The van der Waals surface area contributed by atoms with Crippen molar-refractivity contribution in [3.05, 3.63) is 11.6 Å². The summed E-state index contributed by atoms with van der Waals surface area (Å²) in [5, 5.41) is 3.86. The predicted molar refractivity (Wildman–Crippen MR) is 79.0 cm³/mol. The zero-order chi connectivity index (χ0) is 13.2. The number of nitrogens with one attached hydrogen (secondary N) is 1. The Morgan fingerprint density at radius 3 is 2.56 bits per heavy atom. The first-order chi connectivity index (χ1) is 8.47. The van der Waals surface area contributed by atoms with E-state index in [0.717, 1.165) is 13.1 Å². The van der Waals surface area contributed by atoms with Crippen LogP contribution in [-0.4, -0.2) is 36.1 Å². The molecule has 1 saturated heterocycles. The number of piperazine rings is 1. The standard InChI is InChI=1S/C15H27ClN2/c1-14(2,3)13-11-17-15(7-4-5-8-15)12-18(13)10-6-9-16/h6,9,13,17H,4-5,7-8,10-12H2,1-3H3/b9-6+. The number of rotatable bonds is 2. The second-order valence-electron chi connectivity index (χ2n) is 7.04. The molecule has 104 valence electrons. The Kier molecular flexibility index (Phi) is 4.40. The van der Waals surface area contributed by atoms with Gasteiger partial charge in [0.05, 0.1) is 0 Å². The molecule has 2 fully saturated rings. The van der Waals surface area contributed by atoms with Gasteiger partial charge in [0.25, 0.3) is 0 Å². The first-order valence-electron chi connectivity index (χ1n) is 7.21. The molecular weight excluding hydrogens is 244 g/mol. The third kappa shape index (κ3) is 3.09. The van der Waals surface area contributed by atoms with Crippen molar-refractivity contribution in [2.75, 3.05) is 19.6 Å². The summed E-state index contributed by atoms with van der Waals surface area (Å²) >= 11 is 5.71. The summed E-state index contributed by atoms with van der Waals surface area (Å²) in [6.07, 6.45) is 7.52.